The van der Waals surface area contributed by atoms with Crippen molar-refractivity contribution in [2.75, 3.05) is 12.0 Å². The normalized spacial score (nSPS) is 12.6. The third kappa shape index (κ3) is 3.99. The van der Waals surface area contributed by atoms with Crippen molar-refractivity contribution in [2.45, 2.75) is 5.66 Å². The highest BCUT2D eigenvalue weighted by molar-refractivity contribution is 7.53. The van der Waals surface area contributed by atoms with Crippen molar-refractivity contribution < 1.29 is 23.9 Å². The van der Waals surface area contributed by atoms with Crippen LogP contribution in [0.1, 0.15) is 11.2 Å². The van der Waals surface area contributed by atoms with Crippen molar-refractivity contribution in [2.24, 2.45) is 0 Å². The lowest BCUT2D eigenvalue weighted by molar-refractivity contribution is -0.118. The Morgan fingerprint density at radius 3 is 2.54 bits per heavy atom. The van der Waals surface area contributed by atoms with E-state index >= 15 is 0 Å². The number of amides is 1. The predicted molar refractivity (Wildman–Crippen MR) is 112 cm³/mol. The van der Waals surface area contributed by atoms with Gasteiger partial charge >= 0.3 is 7.60 Å². The van der Waals surface area contributed by atoms with E-state index < -0.39 is 19.2 Å². The van der Waals surface area contributed by atoms with E-state index in [1.54, 1.807) is 47.8 Å². The number of anilines is 1. The van der Waals surface area contributed by atoms with E-state index in [0.717, 1.165) is 9.60 Å². The molecule has 3 aromatic rings. The van der Waals surface area contributed by atoms with Crippen LogP contribution in [0.2, 0.25) is 5.02 Å². The fourth-order valence-electron chi connectivity index (χ4n) is 2.89. The number of carbonyl (C=O) groups is 1. The van der Waals surface area contributed by atoms with Crippen LogP contribution in [0.5, 0.6) is 5.75 Å². The smallest absolute Gasteiger partial charge is 0.342 e. The summed E-state index contributed by atoms with van der Waals surface area (Å²) in [6.07, 6.45) is 1.23. The fourth-order valence-corrected chi connectivity index (χ4v) is 5.12. The highest BCUT2D eigenvalue weighted by Crippen LogP contribution is 2.55. The number of benzene rings is 2. The largest absolute Gasteiger partial charge is 0.497 e. The Balaban J connectivity index is 2.10. The van der Waals surface area contributed by atoms with Gasteiger partial charge in [-0.25, -0.2) is 0 Å². The molecule has 9 heteroatoms. The average Bonchev–Trinajstić information content (AvgIpc) is 3.04. The van der Waals surface area contributed by atoms with Crippen molar-refractivity contribution in [3.8, 4) is 5.75 Å². The van der Waals surface area contributed by atoms with Gasteiger partial charge in [0.25, 0.3) is 5.91 Å². The lowest BCUT2D eigenvalue weighted by atomic mass is 10.1. The van der Waals surface area contributed by atoms with E-state index in [4.69, 9.17) is 16.3 Å². The van der Waals surface area contributed by atoms with Crippen LogP contribution in [0.25, 0.3) is 10.1 Å². The number of methoxy groups -OCH3 is 1. The summed E-state index contributed by atoms with van der Waals surface area (Å²) < 4.78 is 18.2. The lowest BCUT2D eigenvalue weighted by Gasteiger charge is -2.25. The number of rotatable bonds is 6. The fraction of sp³-hybridized carbons (Fsp3) is 0.105. The quantitative estimate of drug-likeness (QED) is 0.532. The zero-order valence-electron chi connectivity index (χ0n) is 14.8. The molecule has 0 aliphatic heterocycles. The van der Waals surface area contributed by atoms with E-state index in [2.05, 4.69) is 6.58 Å². The number of nitrogens with zero attached hydrogens (tertiary/aromatic N) is 1. The summed E-state index contributed by atoms with van der Waals surface area (Å²) in [4.78, 5) is 34.3. The molecule has 0 saturated heterocycles. The molecule has 0 spiro atoms. The SMILES string of the molecule is C=CN(C(=O)C(c1csc2ccc(Cl)cc12)P(=O)(O)O)c1ccc(OC)cc1. The molecule has 1 heterocycles. The van der Waals surface area contributed by atoms with Gasteiger partial charge in [-0.05, 0) is 58.8 Å². The van der Waals surface area contributed by atoms with E-state index in [-0.39, 0.29) is 5.56 Å². The van der Waals surface area contributed by atoms with Crippen LogP contribution in [0.15, 0.2) is 60.6 Å². The molecule has 1 unspecified atom stereocenters. The number of hydrogen-bond donors (Lipinski definition) is 2. The summed E-state index contributed by atoms with van der Waals surface area (Å²) in [6.45, 7) is 3.63. The molecule has 1 atom stereocenters. The van der Waals surface area contributed by atoms with Crippen LogP contribution in [0, 0.1) is 0 Å². The summed E-state index contributed by atoms with van der Waals surface area (Å²) in [5.74, 6) is -0.196. The van der Waals surface area contributed by atoms with E-state index in [0.29, 0.717) is 21.8 Å². The van der Waals surface area contributed by atoms with Gasteiger partial charge < -0.3 is 14.5 Å². The maximum absolute atomic E-state index is 13.2. The molecule has 28 heavy (non-hydrogen) atoms. The Bertz CT molecular complexity index is 1080. The van der Waals surface area contributed by atoms with Crippen LogP contribution >= 0.6 is 30.5 Å². The Labute approximate surface area is 170 Å². The first-order chi connectivity index (χ1) is 13.3. The Hall–Kier alpha value is -2.15. The summed E-state index contributed by atoms with van der Waals surface area (Å²) in [7, 11) is -3.33. The molecule has 0 bridgehead atoms. The average molecular weight is 438 g/mol. The van der Waals surface area contributed by atoms with Gasteiger partial charge in [0.15, 0.2) is 5.66 Å². The molecule has 1 amide bonds. The molecule has 2 N–H and O–H groups in total. The van der Waals surface area contributed by atoms with Crippen molar-refractivity contribution in [3.63, 3.8) is 0 Å². The van der Waals surface area contributed by atoms with Gasteiger partial charge in [-0.2, -0.15) is 0 Å². The van der Waals surface area contributed by atoms with Crippen LogP contribution < -0.4 is 9.64 Å². The monoisotopic (exact) mass is 437 g/mol. The van der Waals surface area contributed by atoms with Gasteiger partial charge in [-0.1, -0.05) is 18.2 Å². The first kappa shape index (κ1) is 20.6. The van der Waals surface area contributed by atoms with E-state index in [1.165, 1.54) is 24.6 Å². The summed E-state index contributed by atoms with van der Waals surface area (Å²) in [5.41, 5.74) is -1.03. The van der Waals surface area contributed by atoms with E-state index in [9.17, 15) is 19.1 Å². The zero-order chi connectivity index (χ0) is 20.5. The molecule has 2 aromatic carbocycles. The molecule has 6 nitrogen and oxygen atoms in total. The van der Waals surface area contributed by atoms with Crippen LogP contribution in [0.4, 0.5) is 5.69 Å². The van der Waals surface area contributed by atoms with Crippen molar-refractivity contribution in [1.29, 1.82) is 0 Å². The minimum Gasteiger partial charge on any atom is -0.497 e. The molecule has 0 aliphatic rings. The highest BCUT2D eigenvalue weighted by Gasteiger charge is 2.41. The van der Waals surface area contributed by atoms with Crippen molar-refractivity contribution in [3.05, 3.63) is 71.2 Å². The minimum atomic E-state index is -4.84. The maximum Gasteiger partial charge on any atom is 0.342 e. The molecule has 146 valence electrons. The first-order valence-corrected chi connectivity index (χ1v) is 11.0. The second-order valence-corrected chi connectivity index (χ2v) is 8.95. The highest BCUT2D eigenvalue weighted by atomic mass is 35.5. The minimum absolute atomic E-state index is 0.237. The number of thiophene rings is 1. The van der Waals surface area contributed by atoms with E-state index in [1.807, 2.05) is 0 Å². The van der Waals surface area contributed by atoms with Gasteiger partial charge in [0.1, 0.15) is 5.75 Å². The molecule has 0 saturated carbocycles. The van der Waals surface area contributed by atoms with Gasteiger partial charge in [0.2, 0.25) is 0 Å². The van der Waals surface area contributed by atoms with Gasteiger partial charge in [-0.3, -0.25) is 14.3 Å². The molecule has 3 rings (SSSR count). The zero-order valence-corrected chi connectivity index (χ0v) is 17.2. The second-order valence-electron chi connectivity index (χ2n) is 5.91. The van der Waals surface area contributed by atoms with Gasteiger partial charge in [0, 0.05) is 21.6 Å². The third-order valence-corrected chi connectivity index (χ3v) is 6.59. The summed E-state index contributed by atoms with van der Waals surface area (Å²) in [5, 5.41) is 2.54. The topological polar surface area (TPSA) is 87.1 Å². The van der Waals surface area contributed by atoms with Crippen LogP contribution in [-0.4, -0.2) is 22.8 Å². The van der Waals surface area contributed by atoms with Crippen LogP contribution in [0.3, 0.4) is 0 Å². The maximum atomic E-state index is 13.2. The number of halogens is 1. The van der Waals surface area contributed by atoms with Crippen molar-refractivity contribution >= 4 is 52.2 Å². The Kier molecular flexibility index (Phi) is 5.93. The standard InChI is InChI=1S/C19H17ClNO5PS/c1-3-21(13-5-7-14(26-2)8-6-13)19(22)18(27(23,24)25)16-11-28-17-9-4-12(20)10-15(16)17/h3-11,18H,1H2,2H3,(H2,23,24,25). The molecule has 0 radical (unpaired) electrons. The third-order valence-electron chi connectivity index (χ3n) is 4.20. The van der Waals surface area contributed by atoms with Gasteiger partial charge in [0.05, 0.1) is 7.11 Å². The lowest BCUT2D eigenvalue weighted by Crippen LogP contribution is -2.30. The molecule has 1 aromatic heterocycles. The predicted octanol–water partition coefficient (Wildman–Crippen LogP) is 4.96. The van der Waals surface area contributed by atoms with Gasteiger partial charge in [-0.15, -0.1) is 11.3 Å². The number of carbonyl (C=O) groups excluding carboxylic acids is 1. The molecule has 0 aliphatic carbocycles. The van der Waals surface area contributed by atoms with Crippen LogP contribution in [-0.2, 0) is 9.36 Å². The number of ether oxygens (including phenoxy) is 1. The molecular formula is C19H17ClNO5PS. The van der Waals surface area contributed by atoms with Crippen molar-refractivity contribution in [1.82, 2.24) is 0 Å². The number of fused-ring (bicyclic) bond motifs is 1. The summed E-state index contributed by atoms with van der Waals surface area (Å²) >= 11 is 7.34. The Morgan fingerprint density at radius 2 is 1.96 bits per heavy atom. The molecule has 0 fully saturated rings. The Morgan fingerprint density at radius 1 is 1.29 bits per heavy atom. The number of hydrogen-bond acceptors (Lipinski definition) is 4. The molecular weight excluding hydrogens is 421 g/mol. The second kappa shape index (κ2) is 8.07. The first-order valence-electron chi connectivity index (χ1n) is 8.08. The summed E-state index contributed by atoms with van der Waals surface area (Å²) in [6, 6.07) is 11.5.